The van der Waals surface area contributed by atoms with Gasteiger partial charge < -0.3 is 10.6 Å². The van der Waals surface area contributed by atoms with E-state index in [9.17, 15) is 4.79 Å². The van der Waals surface area contributed by atoms with Crippen LogP contribution >= 0.6 is 11.3 Å². The van der Waals surface area contributed by atoms with Crippen molar-refractivity contribution in [1.29, 1.82) is 0 Å². The lowest BCUT2D eigenvalue weighted by Crippen LogP contribution is -2.33. The summed E-state index contributed by atoms with van der Waals surface area (Å²) >= 11 is 1.66. The summed E-state index contributed by atoms with van der Waals surface area (Å²) in [7, 11) is 1.76. The van der Waals surface area contributed by atoms with Crippen LogP contribution in [0.5, 0.6) is 0 Å². The second-order valence-electron chi connectivity index (χ2n) is 2.83. The predicted molar refractivity (Wildman–Crippen MR) is 54.8 cm³/mol. The molecule has 1 heterocycles. The molecule has 0 bridgehead atoms. The van der Waals surface area contributed by atoms with Crippen molar-refractivity contribution in [3.63, 3.8) is 0 Å². The van der Waals surface area contributed by atoms with Crippen LogP contribution in [0.3, 0.4) is 0 Å². The molecule has 0 aromatic carbocycles. The van der Waals surface area contributed by atoms with Gasteiger partial charge in [-0.1, -0.05) is 6.07 Å². The molecular formula is C9H14N2OS. The van der Waals surface area contributed by atoms with Crippen LogP contribution in [0.1, 0.15) is 17.8 Å². The first-order valence-electron chi connectivity index (χ1n) is 4.21. The Balaban J connectivity index is 2.42. The molecule has 0 spiro atoms. The van der Waals surface area contributed by atoms with Gasteiger partial charge in [-0.15, -0.1) is 11.3 Å². The Labute approximate surface area is 82.2 Å². The number of rotatable bonds is 4. The number of hydrogen-bond donors (Lipinski definition) is 2. The van der Waals surface area contributed by atoms with E-state index >= 15 is 0 Å². The van der Waals surface area contributed by atoms with Gasteiger partial charge in [-0.05, 0) is 25.4 Å². The summed E-state index contributed by atoms with van der Waals surface area (Å²) in [6.45, 7) is 2.36. The minimum atomic E-state index is 0.0309. The summed E-state index contributed by atoms with van der Waals surface area (Å²) in [5, 5.41) is 7.71. The van der Waals surface area contributed by atoms with Gasteiger partial charge in [0.25, 0.3) is 0 Å². The second kappa shape index (κ2) is 4.99. The van der Waals surface area contributed by atoms with Crippen LogP contribution in [0.2, 0.25) is 0 Å². The Morgan fingerprint density at radius 1 is 1.69 bits per heavy atom. The van der Waals surface area contributed by atoms with Crippen molar-refractivity contribution in [2.75, 3.05) is 13.6 Å². The molecule has 3 nitrogen and oxygen atoms in total. The lowest BCUT2D eigenvalue weighted by molar-refractivity contribution is -0.120. The number of likely N-dealkylation sites (N-methyl/N-ethyl adjacent to an activating group) is 1. The van der Waals surface area contributed by atoms with E-state index in [2.05, 4.69) is 10.6 Å². The molecule has 1 aromatic rings. The maximum atomic E-state index is 11.2. The first kappa shape index (κ1) is 10.2. The summed E-state index contributed by atoms with van der Waals surface area (Å²) in [4.78, 5) is 12.4. The number of thiophene rings is 1. The summed E-state index contributed by atoms with van der Waals surface area (Å²) in [6, 6.07) is 4.12. The second-order valence-corrected chi connectivity index (χ2v) is 3.81. The van der Waals surface area contributed by atoms with Crippen molar-refractivity contribution in [2.24, 2.45) is 0 Å². The maximum absolute atomic E-state index is 11.2. The molecule has 13 heavy (non-hydrogen) atoms. The van der Waals surface area contributed by atoms with E-state index in [1.54, 1.807) is 18.4 Å². The third kappa shape index (κ3) is 3.16. The van der Waals surface area contributed by atoms with Crippen molar-refractivity contribution in [3.8, 4) is 0 Å². The fraction of sp³-hybridized carbons (Fsp3) is 0.444. The molecule has 1 unspecified atom stereocenters. The molecule has 4 heteroatoms. The highest BCUT2D eigenvalue weighted by molar-refractivity contribution is 7.10. The van der Waals surface area contributed by atoms with Crippen molar-refractivity contribution in [2.45, 2.75) is 13.0 Å². The molecule has 72 valence electrons. The minimum absolute atomic E-state index is 0.0309. The van der Waals surface area contributed by atoms with Gasteiger partial charge in [-0.2, -0.15) is 0 Å². The van der Waals surface area contributed by atoms with Gasteiger partial charge in [0, 0.05) is 4.88 Å². The fourth-order valence-electron chi connectivity index (χ4n) is 1.06. The molecule has 1 rings (SSSR count). The van der Waals surface area contributed by atoms with E-state index < -0.39 is 0 Å². The molecule has 1 atom stereocenters. The van der Waals surface area contributed by atoms with E-state index in [0.717, 1.165) is 0 Å². The number of nitrogens with one attached hydrogen (secondary N) is 2. The van der Waals surface area contributed by atoms with Crippen LogP contribution in [0.25, 0.3) is 0 Å². The zero-order valence-electron chi connectivity index (χ0n) is 7.83. The zero-order chi connectivity index (χ0) is 9.68. The van der Waals surface area contributed by atoms with E-state index in [4.69, 9.17) is 0 Å². The highest BCUT2D eigenvalue weighted by Gasteiger charge is 2.08. The minimum Gasteiger partial charge on any atom is -0.348 e. The van der Waals surface area contributed by atoms with Gasteiger partial charge in [0.15, 0.2) is 0 Å². The lowest BCUT2D eigenvalue weighted by Gasteiger charge is -2.11. The first-order valence-corrected chi connectivity index (χ1v) is 5.09. The van der Waals surface area contributed by atoms with Crippen LogP contribution in [-0.2, 0) is 4.79 Å². The highest BCUT2D eigenvalue weighted by Crippen LogP contribution is 2.17. The highest BCUT2D eigenvalue weighted by atomic mass is 32.1. The van der Waals surface area contributed by atoms with Gasteiger partial charge in [-0.25, -0.2) is 0 Å². The molecule has 0 saturated heterocycles. The molecular weight excluding hydrogens is 184 g/mol. The summed E-state index contributed by atoms with van der Waals surface area (Å²) in [5.41, 5.74) is 0. The number of carbonyl (C=O) groups is 1. The van der Waals surface area contributed by atoms with E-state index in [0.29, 0.717) is 6.54 Å². The van der Waals surface area contributed by atoms with Crippen molar-refractivity contribution < 1.29 is 4.79 Å². The zero-order valence-corrected chi connectivity index (χ0v) is 8.65. The van der Waals surface area contributed by atoms with Gasteiger partial charge in [-0.3, -0.25) is 4.79 Å². The average molecular weight is 198 g/mol. The molecule has 0 aliphatic carbocycles. The monoisotopic (exact) mass is 198 g/mol. The molecule has 0 saturated carbocycles. The summed E-state index contributed by atoms with van der Waals surface area (Å²) in [6.07, 6.45) is 0. The van der Waals surface area contributed by atoms with E-state index in [1.165, 1.54) is 4.88 Å². The van der Waals surface area contributed by atoms with Gasteiger partial charge in [0.05, 0.1) is 12.6 Å². The van der Waals surface area contributed by atoms with Crippen molar-refractivity contribution in [1.82, 2.24) is 10.6 Å². The normalized spacial score (nSPS) is 12.5. The van der Waals surface area contributed by atoms with Gasteiger partial charge >= 0.3 is 0 Å². The van der Waals surface area contributed by atoms with Crippen LogP contribution in [-0.4, -0.2) is 19.5 Å². The molecule has 1 amide bonds. The number of amides is 1. The molecule has 2 N–H and O–H groups in total. The van der Waals surface area contributed by atoms with Gasteiger partial charge in [0.2, 0.25) is 5.91 Å². The quantitative estimate of drug-likeness (QED) is 0.762. The molecule has 0 aliphatic heterocycles. The topological polar surface area (TPSA) is 41.1 Å². The Kier molecular flexibility index (Phi) is 3.92. The van der Waals surface area contributed by atoms with Gasteiger partial charge in [0.1, 0.15) is 0 Å². The van der Waals surface area contributed by atoms with E-state index in [1.807, 2.05) is 24.4 Å². The third-order valence-corrected chi connectivity index (χ3v) is 2.74. The average Bonchev–Trinajstić information content (AvgIpc) is 2.55. The summed E-state index contributed by atoms with van der Waals surface area (Å²) < 4.78 is 0. The largest absolute Gasteiger partial charge is 0.348 e. The lowest BCUT2D eigenvalue weighted by atomic mass is 10.3. The summed E-state index contributed by atoms with van der Waals surface area (Å²) in [5.74, 6) is 0.0309. The fourth-order valence-corrected chi connectivity index (χ4v) is 1.80. The van der Waals surface area contributed by atoms with Crippen LogP contribution < -0.4 is 10.6 Å². The number of hydrogen-bond acceptors (Lipinski definition) is 3. The Hall–Kier alpha value is -0.870. The standard InChI is InChI=1S/C9H14N2OS/c1-7(8-4-3-5-13-8)11-9(12)6-10-2/h3-5,7,10H,6H2,1-2H3,(H,11,12). The number of carbonyl (C=O) groups excluding carboxylic acids is 1. The SMILES string of the molecule is CNCC(=O)NC(C)c1cccs1. The Morgan fingerprint density at radius 3 is 3.00 bits per heavy atom. The van der Waals surface area contributed by atoms with Crippen LogP contribution in [0, 0.1) is 0 Å². The van der Waals surface area contributed by atoms with Crippen LogP contribution in [0.4, 0.5) is 0 Å². The molecule has 0 radical (unpaired) electrons. The third-order valence-electron chi connectivity index (χ3n) is 1.68. The maximum Gasteiger partial charge on any atom is 0.234 e. The molecule has 1 aromatic heterocycles. The van der Waals surface area contributed by atoms with Crippen LogP contribution in [0.15, 0.2) is 17.5 Å². The Bertz CT molecular complexity index is 259. The molecule has 0 aliphatic rings. The molecule has 0 fully saturated rings. The van der Waals surface area contributed by atoms with Crippen molar-refractivity contribution >= 4 is 17.2 Å². The predicted octanol–water partition coefficient (Wildman–Crippen LogP) is 1.14. The smallest absolute Gasteiger partial charge is 0.234 e. The Morgan fingerprint density at radius 2 is 2.46 bits per heavy atom. The van der Waals surface area contributed by atoms with E-state index in [-0.39, 0.29) is 11.9 Å². The van der Waals surface area contributed by atoms with Crippen molar-refractivity contribution in [3.05, 3.63) is 22.4 Å². The first-order chi connectivity index (χ1) is 6.24.